The minimum atomic E-state index is 0.226. The Morgan fingerprint density at radius 3 is 1.93 bits per heavy atom. The van der Waals surface area contributed by atoms with Gasteiger partial charge in [-0.25, -0.2) is 0 Å². The molecule has 154 valence electrons. The highest BCUT2D eigenvalue weighted by Crippen LogP contribution is 2.35. The quantitative estimate of drug-likeness (QED) is 0.679. The van der Waals surface area contributed by atoms with Gasteiger partial charge in [-0.05, 0) is 23.3 Å². The molecule has 3 aromatic carbocycles. The smallest absolute Gasteiger partial charge is 0.143 e. The molecule has 5 rings (SSSR count). The summed E-state index contributed by atoms with van der Waals surface area (Å²) in [6, 6.07) is 30.4. The number of para-hydroxylation sites is 2. The fourth-order valence-electron chi connectivity index (χ4n) is 4.54. The maximum absolute atomic E-state index is 6.48. The Hall–Kier alpha value is -2.82. The second-order valence-electron chi connectivity index (χ2n) is 8.12. The summed E-state index contributed by atoms with van der Waals surface area (Å²) >= 11 is 0. The molecule has 0 aromatic heterocycles. The van der Waals surface area contributed by atoms with Crippen LogP contribution in [0, 0.1) is 0 Å². The Balaban J connectivity index is 1.30. The second-order valence-corrected chi connectivity index (χ2v) is 8.12. The molecule has 0 unspecified atom stereocenters. The van der Waals surface area contributed by atoms with Crippen molar-refractivity contribution in [3.63, 3.8) is 0 Å². The molecule has 0 saturated carbocycles. The van der Waals surface area contributed by atoms with Gasteiger partial charge in [0, 0.05) is 39.3 Å². The largest absolute Gasteiger partial charge is 0.486 e. The first-order chi connectivity index (χ1) is 14.9. The number of likely N-dealkylation sites (tertiary alicyclic amines) is 1. The molecule has 30 heavy (non-hydrogen) atoms. The highest BCUT2D eigenvalue weighted by atomic mass is 16.5. The van der Waals surface area contributed by atoms with Gasteiger partial charge in [0.15, 0.2) is 0 Å². The van der Waals surface area contributed by atoms with Crippen LogP contribution >= 0.6 is 0 Å². The van der Waals surface area contributed by atoms with E-state index in [1.165, 1.54) is 16.8 Å². The molecule has 0 bridgehead atoms. The van der Waals surface area contributed by atoms with E-state index in [0.29, 0.717) is 0 Å². The van der Waals surface area contributed by atoms with Gasteiger partial charge in [0.25, 0.3) is 0 Å². The molecule has 2 saturated heterocycles. The predicted octanol–water partition coefficient (Wildman–Crippen LogP) is 3.95. The Morgan fingerprint density at radius 2 is 1.30 bits per heavy atom. The molecule has 2 aliphatic heterocycles. The molecular weight excluding hydrogens is 370 g/mol. The van der Waals surface area contributed by atoms with Gasteiger partial charge in [0.1, 0.15) is 11.9 Å². The van der Waals surface area contributed by atoms with Crippen molar-refractivity contribution in [1.82, 2.24) is 10.2 Å². The van der Waals surface area contributed by atoms with Crippen molar-refractivity contribution in [3.05, 3.63) is 96.1 Å². The molecule has 2 aliphatic rings. The zero-order chi connectivity index (χ0) is 20.2. The summed E-state index contributed by atoms with van der Waals surface area (Å²) in [5.74, 6) is 1.01. The van der Waals surface area contributed by atoms with Crippen molar-refractivity contribution in [2.75, 3.05) is 44.2 Å². The molecular formula is C26H29N3O. The van der Waals surface area contributed by atoms with Crippen LogP contribution in [0.1, 0.15) is 17.2 Å². The van der Waals surface area contributed by atoms with Crippen molar-refractivity contribution in [2.45, 2.75) is 12.1 Å². The number of hydrogen-bond acceptors (Lipinski definition) is 4. The summed E-state index contributed by atoms with van der Waals surface area (Å²) in [5.41, 5.74) is 3.90. The van der Waals surface area contributed by atoms with Crippen LogP contribution in [0.4, 0.5) is 5.69 Å². The fraction of sp³-hybridized carbons (Fsp3) is 0.308. The zero-order valence-corrected chi connectivity index (χ0v) is 17.3. The Bertz CT molecular complexity index is 895. The summed E-state index contributed by atoms with van der Waals surface area (Å²) in [7, 11) is 0. The average Bonchev–Trinajstić information content (AvgIpc) is 2.80. The number of anilines is 1. The SMILES string of the molecule is c1ccc(C(c2ccccc2)N2CC(Oc3ccccc3N3CCNCC3)C2)cc1. The van der Waals surface area contributed by atoms with E-state index in [1.54, 1.807) is 0 Å². The maximum Gasteiger partial charge on any atom is 0.143 e. The minimum absolute atomic E-state index is 0.226. The topological polar surface area (TPSA) is 27.7 Å². The molecule has 0 atom stereocenters. The first kappa shape index (κ1) is 19.2. The van der Waals surface area contributed by atoms with Gasteiger partial charge in [-0.3, -0.25) is 4.90 Å². The van der Waals surface area contributed by atoms with E-state index in [1.807, 2.05) is 0 Å². The molecule has 0 spiro atoms. The molecule has 4 heteroatoms. The van der Waals surface area contributed by atoms with Crippen LogP contribution in [0.2, 0.25) is 0 Å². The maximum atomic E-state index is 6.48. The first-order valence-electron chi connectivity index (χ1n) is 10.9. The summed E-state index contributed by atoms with van der Waals surface area (Å²) in [6.45, 7) is 5.99. The van der Waals surface area contributed by atoms with E-state index >= 15 is 0 Å². The lowest BCUT2D eigenvalue weighted by Crippen LogP contribution is -2.55. The van der Waals surface area contributed by atoms with E-state index < -0.39 is 0 Å². The predicted molar refractivity (Wildman–Crippen MR) is 122 cm³/mol. The van der Waals surface area contributed by atoms with Crippen LogP contribution in [-0.4, -0.2) is 50.3 Å². The van der Waals surface area contributed by atoms with Crippen LogP contribution in [0.5, 0.6) is 5.75 Å². The molecule has 2 heterocycles. The summed E-state index contributed by atoms with van der Waals surface area (Å²) in [6.07, 6.45) is 0.226. The Morgan fingerprint density at radius 1 is 0.733 bits per heavy atom. The number of nitrogens with zero attached hydrogens (tertiary/aromatic N) is 2. The van der Waals surface area contributed by atoms with Crippen LogP contribution in [0.3, 0.4) is 0 Å². The van der Waals surface area contributed by atoms with Gasteiger partial charge < -0.3 is 15.0 Å². The molecule has 4 nitrogen and oxygen atoms in total. The van der Waals surface area contributed by atoms with Gasteiger partial charge in [-0.1, -0.05) is 72.8 Å². The zero-order valence-electron chi connectivity index (χ0n) is 17.3. The lowest BCUT2D eigenvalue weighted by Gasteiger charge is -2.44. The lowest BCUT2D eigenvalue weighted by atomic mass is 9.94. The third kappa shape index (κ3) is 4.07. The number of piperazine rings is 1. The van der Waals surface area contributed by atoms with Crippen molar-refractivity contribution in [3.8, 4) is 5.75 Å². The highest BCUT2D eigenvalue weighted by molar-refractivity contribution is 5.59. The van der Waals surface area contributed by atoms with Crippen molar-refractivity contribution >= 4 is 5.69 Å². The van der Waals surface area contributed by atoms with E-state index in [2.05, 4.69) is 100 Å². The first-order valence-corrected chi connectivity index (χ1v) is 10.9. The third-order valence-electron chi connectivity index (χ3n) is 6.09. The molecule has 3 aromatic rings. The summed E-state index contributed by atoms with van der Waals surface area (Å²) < 4.78 is 6.48. The monoisotopic (exact) mass is 399 g/mol. The van der Waals surface area contributed by atoms with Gasteiger partial charge in [-0.15, -0.1) is 0 Å². The number of benzene rings is 3. The second kappa shape index (κ2) is 8.90. The van der Waals surface area contributed by atoms with Gasteiger partial charge in [0.05, 0.1) is 11.7 Å². The lowest BCUT2D eigenvalue weighted by molar-refractivity contribution is 0.000524. The summed E-state index contributed by atoms with van der Waals surface area (Å²) in [5, 5.41) is 3.43. The molecule has 0 amide bonds. The van der Waals surface area contributed by atoms with E-state index in [-0.39, 0.29) is 12.1 Å². The van der Waals surface area contributed by atoms with Crippen LogP contribution < -0.4 is 15.0 Å². The number of rotatable bonds is 6. The number of nitrogens with one attached hydrogen (secondary N) is 1. The van der Waals surface area contributed by atoms with Crippen LogP contribution in [0.15, 0.2) is 84.9 Å². The summed E-state index contributed by atoms with van der Waals surface area (Å²) in [4.78, 5) is 4.95. The molecule has 0 aliphatic carbocycles. The van der Waals surface area contributed by atoms with E-state index in [4.69, 9.17) is 4.74 Å². The minimum Gasteiger partial charge on any atom is -0.486 e. The molecule has 2 fully saturated rings. The average molecular weight is 400 g/mol. The van der Waals surface area contributed by atoms with Crippen molar-refractivity contribution < 1.29 is 4.74 Å². The number of ether oxygens (including phenoxy) is 1. The standard InChI is InChI=1S/C26H29N3O/c1-3-9-21(10-4-1)26(22-11-5-2-6-12-22)29-19-23(20-29)30-25-14-8-7-13-24(25)28-17-15-27-16-18-28/h1-14,23,26-27H,15-20H2. The van der Waals surface area contributed by atoms with Gasteiger partial charge >= 0.3 is 0 Å². The van der Waals surface area contributed by atoms with Crippen LogP contribution in [-0.2, 0) is 0 Å². The van der Waals surface area contributed by atoms with Gasteiger partial charge in [0.2, 0.25) is 0 Å². The van der Waals surface area contributed by atoms with E-state index in [0.717, 1.165) is 45.0 Å². The Kier molecular flexibility index (Phi) is 5.69. The number of hydrogen-bond donors (Lipinski definition) is 1. The molecule has 1 N–H and O–H groups in total. The van der Waals surface area contributed by atoms with Crippen molar-refractivity contribution in [2.24, 2.45) is 0 Å². The Labute approximate surface area is 179 Å². The third-order valence-corrected chi connectivity index (χ3v) is 6.09. The fourth-order valence-corrected chi connectivity index (χ4v) is 4.54. The van der Waals surface area contributed by atoms with Crippen LogP contribution in [0.25, 0.3) is 0 Å². The van der Waals surface area contributed by atoms with Crippen molar-refractivity contribution in [1.29, 1.82) is 0 Å². The highest BCUT2D eigenvalue weighted by Gasteiger charge is 2.35. The van der Waals surface area contributed by atoms with Gasteiger partial charge in [-0.2, -0.15) is 0 Å². The molecule has 0 radical (unpaired) electrons. The normalized spacial score (nSPS) is 17.7. The van der Waals surface area contributed by atoms with E-state index in [9.17, 15) is 0 Å².